The molecular weight excluding hydrogens is 384 g/mol. The van der Waals surface area contributed by atoms with Crippen molar-refractivity contribution < 1.29 is 18.7 Å². The number of aryl methyl sites for hydroxylation is 2. The summed E-state index contributed by atoms with van der Waals surface area (Å²) in [5, 5.41) is 6.30. The number of fused-ring (bicyclic) bond motifs is 1. The Morgan fingerprint density at radius 2 is 2.07 bits per heavy atom. The molecule has 1 aliphatic carbocycles. The molecule has 6 nitrogen and oxygen atoms in total. The Morgan fingerprint density at radius 3 is 2.78 bits per heavy atom. The SMILES string of the molecule is COC(=O)c1c(NC(=S)NC(=O)/C=C/c2ccc(C)o2)sc2c1CCCC2. The molecule has 0 aromatic carbocycles. The molecule has 0 bridgehead atoms. The first kappa shape index (κ1) is 19.3. The standard InChI is InChI=1S/C19H20N2O4S2/c1-11-7-8-12(25-11)9-10-15(22)20-19(26)21-17-16(18(23)24-2)13-5-3-4-6-14(13)27-17/h7-10H,3-6H2,1-2H3,(H2,20,21,22,26)/b10-9+. The maximum Gasteiger partial charge on any atom is 0.341 e. The summed E-state index contributed by atoms with van der Waals surface area (Å²) in [6.07, 6.45) is 6.84. The van der Waals surface area contributed by atoms with Crippen LogP contribution in [0.1, 0.15) is 45.2 Å². The molecule has 2 aromatic heterocycles. The summed E-state index contributed by atoms with van der Waals surface area (Å²) in [5.74, 6) is 0.575. The number of esters is 1. The Labute approximate surface area is 166 Å². The van der Waals surface area contributed by atoms with Gasteiger partial charge in [0.05, 0.1) is 12.7 Å². The van der Waals surface area contributed by atoms with E-state index in [1.54, 1.807) is 12.1 Å². The second-order valence-corrected chi connectivity index (χ2v) is 7.65. The van der Waals surface area contributed by atoms with Crippen molar-refractivity contribution in [3.8, 4) is 0 Å². The van der Waals surface area contributed by atoms with Crippen LogP contribution >= 0.6 is 23.6 Å². The van der Waals surface area contributed by atoms with Crippen molar-refractivity contribution in [1.29, 1.82) is 0 Å². The first-order chi connectivity index (χ1) is 13.0. The number of nitrogens with one attached hydrogen (secondary N) is 2. The lowest BCUT2D eigenvalue weighted by Gasteiger charge is -2.12. The van der Waals surface area contributed by atoms with Gasteiger partial charge >= 0.3 is 5.97 Å². The molecule has 2 N–H and O–H groups in total. The number of thiophene rings is 1. The lowest BCUT2D eigenvalue weighted by Crippen LogP contribution is -2.33. The maximum atomic E-state index is 12.2. The Hall–Kier alpha value is -2.45. The van der Waals surface area contributed by atoms with Gasteiger partial charge in [-0.3, -0.25) is 10.1 Å². The minimum Gasteiger partial charge on any atom is -0.465 e. The van der Waals surface area contributed by atoms with Crippen LogP contribution in [0.25, 0.3) is 6.08 Å². The highest BCUT2D eigenvalue weighted by molar-refractivity contribution is 7.80. The summed E-state index contributed by atoms with van der Waals surface area (Å²) in [6, 6.07) is 3.59. The average molecular weight is 405 g/mol. The minimum absolute atomic E-state index is 0.129. The molecule has 3 rings (SSSR count). The third kappa shape index (κ3) is 4.64. The number of rotatable bonds is 4. The van der Waals surface area contributed by atoms with E-state index < -0.39 is 0 Å². The molecule has 142 valence electrons. The molecule has 27 heavy (non-hydrogen) atoms. The summed E-state index contributed by atoms with van der Waals surface area (Å²) in [4.78, 5) is 25.4. The number of carbonyl (C=O) groups is 2. The highest BCUT2D eigenvalue weighted by atomic mass is 32.1. The van der Waals surface area contributed by atoms with Gasteiger partial charge < -0.3 is 14.5 Å². The van der Waals surface area contributed by atoms with E-state index in [0.717, 1.165) is 37.0 Å². The van der Waals surface area contributed by atoms with Crippen LogP contribution in [0.2, 0.25) is 0 Å². The smallest absolute Gasteiger partial charge is 0.341 e. The number of hydrogen-bond donors (Lipinski definition) is 2. The quantitative estimate of drug-likeness (QED) is 0.458. The lowest BCUT2D eigenvalue weighted by atomic mass is 9.95. The summed E-state index contributed by atoms with van der Waals surface area (Å²) in [5.41, 5.74) is 1.55. The highest BCUT2D eigenvalue weighted by Crippen LogP contribution is 2.38. The van der Waals surface area contributed by atoms with Crippen LogP contribution in [0, 0.1) is 6.92 Å². The zero-order valence-electron chi connectivity index (χ0n) is 15.1. The van der Waals surface area contributed by atoms with E-state index in [2.05, 4.69) is 10.6 Å². The topological polar surface area (TPSA) is 80.6 Å². The van der Waals surface area contributed by atoms with Crippen molar-refractivity contribution in [3.05, 3.63) is 45.7 Å². The molecule has 1 aliphatic rings. The molecule has 0 spiro atoms. The van der Waals surface area contributed by atoms with Gasteiger partial charge in [0.25, 0.3) is 0 Å². The fourth-order valence-corrected chi connectivity index (χ4v) is 4.51. The van der Waals surface area contributed by atoms with Crippen LogP contribution in [-0.4, -0.2) is 24.1 Å². The van der Waals surface area contributed by atoms with E-state index in [9.17, 15) is 9.59 Å². The maximum absolute atomic E-state index is 12.2. The van der Waals surface area contributed by atoms with Gasteiger partial charge in [0, 0.05) is 11.0 Å². The van der Waals surface area contributed by atoms with Crippen molar-refractivity contribution in [3.63, 3.8) is 0 Å². The zero-order chi connectivity index (χ0) is 19.4. The van der Waals surface area contributed by atoms with Gasteiger partial charge in [-0.2, -0.15) is 0 Å². The predicted molar refractivity (Wildman–Crippen MR) is 109 cm³/mol. The molecule has 0 saturated heterocycles. The molecular formula is C19H20N2O4S2. The van der Waals surface area contributed by atoms with Crippen LogP contribution in [0.15, 0.2) is 22.6 Å². The predicted octanol–water partition coefficient (Wildman–Crippen LogP) is 3.84. The molecule has 0 atom stereocenters. The van der Waals surface area contributed by atoms with E-state index in [4.69, 9.17) is 21.4 Å². The highest BCUT2D eigenvalue weighted by Gasteiger charge is 2.26. The van der Waals surface area contributed by atoms with E-state index in [0.29, 0.717) is 16.3 Å². The second-order valence-electron chi connectivity index (χ2n) is 6.13. The molecule has 0 aliphatic heterocycles. The minimum atomic E-state index is -0.390. The van der Waals surface area contributed by atoms with Crippen molar-refractivity contribution in [1.82, 2.24) is 5.32 Å². The zero-order valence-corrected chi connectivity index (χ0v) is 16.7. The molecule has 1 amide bonds. The summed E-state index contributed by atoms with van der Waals surface area (Å²) >= 11 is 6.71. The average Bonchev–Trinajstić information content (AvgIpc) is 3.22. The second kappa shape index (κ2) is 8.49. The largest absolute Gasteiger partial charge is 0.465 e. The van der Waals surface area contributed by atoms with Crippen LogP contribution in [0.3, 0.4) is 0 Å². The number of anilines is 1. The molecule has 2 heterocycles. The Balaban J connectivity index is 1.68. The summed E-state index contributed by atoms with van der Waals surface area (Å²) in [7, 11) is 1.36. The van der Waals surface area contributed by atoms with Gasteiger partial charge in [0.15, 0.2) is 5.11 Å². The van der Waals surface area contributed by atoms with Gasteiger partial charge in [0.1, 0.15) is 16.5 Å². The Kier molecular flexibility index (Phi) is 6.08. The van der Waals surface area contributed by atoms with Crippen molar-refractivity contribution in [2.45, 2.75) is 32.6 Å². The van der Waals surface area contributed by atoms with E-state index >= 15 is 0 Å². The molecule has 8 heteroatoms. The molecule has 0 unspecified atom stereocenters. The molecule has 0 fully saturated rings. The number of ether oxygens (including phenoxy) is 1. The van der Waals surface area contributed by atoms with Gasteiger partial charge in [-0.25, -0.2) is 4.79 Å². The fraction of sp³-hybridized carbons (Fsp3) is 0.316. The number of methoxy groups -OCH3 is 1. The first-order valence-electron chi connectivity index (χ1n) is 8.57. The number of thiocarbonyl (C=S) groups is 1. The van der Waals surface area contributed by atoms with Crippen molar-refractivity contribution in [2.24, 2.45) is 0 Å². The Morgan fingerprint density at radius 1 is 1.30 bits per heavy atom. The van der Waals surface area contributed by atoms with Crippen LogP contribution in [0.4, 0.5) is 5.00 Å². The third-order valence-corrected chi connectivity index (χ3v) is 5.60. The summed E-state index contributed by atoms with van der Waals surface area (Å²) < 4.78 is 10.3. The summed E-state index contributed by atoms with van der Waals surface area (Å²) in [6.45, 7) is 1.83. The van der Waals surface area contributed by atoms with Crippen LogP contribution in [0.5, 0.6) is 0 Å². The number of hydrogen-bond acceptors (Lipinski definition) is 6. The van der Waals surface area contributed by atoms with E-state index in [1.807, 2.05) is 13.0 Å². The monoisotopic (exact) mass is 404 g/mol. The number of furan rings is 1. The van der Waals surface area contributed by atoms with E-state index in [-0.39, 0.29) is 17.0 Å². The lowest BCUT2D eigenvalue weighted by molar-refractivity contribution is -0.115. The number of carbonyl (C=O) groups excluding carboxylic acids is 2. The molecule has 0 radical (unpaired) electrons. The van der Waals surface area contributed by atoms with Gasteiger partial charge in [0.2, 0.25) is 5.91 Å². The Bertz CT molecular complexity index is 911. The van der Waals surface area contributed by atoms with Crippen LogP contribution in [-0.2, 0) is 22.4 Å². The third-order valence-electron chi connectivity index (χ3n) is 4.18. The normalized spacial score (nSPS) is 13.3. The first-order valence-corrected chi connectivity index (χ1v) is 9.79. The van der Waals surface area contributed by atoms with E-state index in [1.165, 1.54) is 29.4 Å². The fourth-order valence-electron chi connectivity index (χ4n) is 2.96. The molecule has 0 saturated carbocycles. The molecule has 2 aromatic rings. The van der Waals surface area contributed by atoms with Gasteiger partial charge in [-0.05, 0) is 68.6 Å². The van der Waals surface area contributed by atoms with Crippen molar-refractivity contribution >= 4 is 51.6 Å². The van der Waals surface area contributed by atoms with Crippen molar-refractivity contribution in [2.75, 3.05) is 12.4 Å². The van der Waals surface area contributed by atoms with Gasteiger partial charge in [-0.1, -0.05) is 0 Å². The van der Waals surface area contributed by atoms with Gasteiger partial charge in [-0.15, -0.1) is 11.3 Å². The number of amides is 1. The van der Waals surface area contributed by atoms with Crippen LogP contribution < -0.4 is 10.6 Å².